The average Bonchev–Trinajstić information content (AvgIpc) is 2.18. The van der Waals surface area contributed by atoms with E-state index in [0.29, 0.717) is 18.8 Å². The van der Waals surface area contributed by atoms with Crippen LogP contribution in [0.25, 0.3) is 0 Å². The predicted octanol–water partition coefficient (Wildman–Crippen LogP) is 2.66. The van der Waals surface area contributed by atoms with Gasteiger partial charge in [0.05, 0.1) is 0 Å². The summed E-state index contributed by atoms with van der Waals surface area (Å²) >= 11 is 0. The highest BCUT2D eigenvalue weighted by atomic mass is 16.4. The number of hydrogen-bond acceptors (Lipinski definition) is 2. The number of benzene rings is 1. The van der Waals surface area contributed by atoms with Crippen molar-refractivity contribution in [2.75, 3.05) is 5.32 Å². The first-order valence-electron chi connectivity index (χ1n) is 5.60. The van der Waals surface area contributed by atoms with Crippen molar-refractivity contribution in [3.8, 4) is 0 Å². The van der Waals surface area contributed by atoms with E-state index in [-0.39, 0.29) is 0 Å². The molecule has 1 fully saturated rings. The molecule has 86 valence electrons. The van der Waals surface area contributed by atoms with Crippen LogP contribution in [0.5, 0.6) is 0 Å². The second kappa shape index (κ2) is 3.81. The van der Waals surface area contributed by atoms with Gasteiger partial charge in [-0.2, -0.15) is 0 Å². The van der Waals surface area contributed by atoms with Crippen molar-refractivity contribution < 1.29 is 9.90 Å². The average molecular weight is 219 g/mol. The molecule has 1 aromatic carbocycles. The van der Waals surface area contributed by atoms with Crippen LogP contribution in [0.2, 0.25) is 0 Å². The Hall–Kier alpha value is -1.51. The fourth-order valence-corrected chi connectivity index (χ4v) is 2.37. The Morgan fingerprint density at radius 1 is 1.38 bits per heavy atom. The lowest BCUT2D eigenvalue weighted by Gasteiger charge is -2.44. The summed E-state index contributed by atoms with van der Waals surface area (Å²) in [4.78, 5) is 11.3. The summed E-state index contributed by atoms with van der Waals surface area (Å²) in [6.07, 6.45) is 1.41. The Morgan fingerprint density at radius 2 is 1.94 bits per heavy atom. The summed E-state index contributed by atoms with van der Waals surface area (Å²) in [7, 11) is 0. The number of carbonyl (C=O) groups is 1. The number of aliphatic carboxylic acids is 1. The van der Waals surface area contributed by atoms with E-state index in [0.717, 1.165) is 5.69 Å². The summed E-state index contributed by atoms with van der Waals surface area (Å²) in [5.41, 5.74) is 1.33. The Morgan fingerprint density at radius 3 is 2.38 bits per heavy atom. The SMILES string of the molecule is Cc1ccc(NC2(C(=O)O)CC(C)C2)cc1. The van der Waals surface area contributed by atoms with Crippen LogP contribution in [0.15, 0.2) is 24.3 Å². The maximum Gasteiger partial charge on any atom is 0.329 e. The Kier molecular flexibility index (Phi) is 2.62. The summed E-state index contributed by atoms with van der Waals surface area (Å²) in [6.45, 7) is 4.10. The summed E-state index contributed by atoms with van der Waals surface area (Å²) in [6, 6.07) is 7.84. The van der Waals surface area contributed by atoms with Gasteiger partial charge >= 0.3 is 5.97 Å². The number of carboxylic acid groups (broad SMARTS) is 1. The Balaban J connectivity index is 2.13. The molecule has 0 unspecified atom stereocenters. The molecule has 1 aliphatic carbocycles. The van der Waals surface area contributed by atoms with Gasteiger partial charge in [-0.05, 0) is 37.8 Å². The van der Waals surface area contributed by atoms with Crippen molar-refractivity contribution in [2.45, 2.75) is 32.2 Å². The van der Waals surface area contributed by atoms with Crippen LogP contribution in [-0.4, -0.2) is 16.6 Å². The molecule has 0 aromatic heterocycles. The van der Waals surface area contributed by atoms with Gasteiger partial charge < -0.3 is 10.4 Å². The molecule has 0 radical (unpaired) electrons. The molecule has 0 spiro atoms. The molecular weight excluding hydrogens is 202 g/mol. The molecule has 0 bridgehead atoms. The van der Waals surface area contributed by atoms with Gasteiger partial charge in [0, 0.05) is 5.69 Å². The topological polar surface area (TPSA) is 49.3 Å². The monoisotopic (exact) mass is 219 g/mol. The number of nitrogens with one attached hydrogen (secondary N) is 1. The standard InChI is InChI=1S/C13H17NO2/c1-9-3-5-11(6-4-9)14-13(12(15)16)7-10(2)8-13/h3-6,10,14H,7-8H2,1-2H3,(H,15,16). The summed E-state index contributed by atoms with van der Waals surface area (Å²) in [5.74, 6) is -0.250. The number of hydrogen-bond donors (Lipinski definition) is 2. The molecule has 0 heterocycles. The molecule has 2 N–H and O–H groups in total. The van der Waals surface area contributed by atoms with Crippen molar-refractivity contribution in [1.29, 1.82) is 0 Å². The van der Waals surface area contributed by atoms with Crippen molar-refractivity contribution in [1.82, 2.24) is 0 Å². The normalized spacial score (nSPS) is 28.2. The van der Waals surface area contributed by atoms with Crippen molar-refractivity contribution in [3.63, 3.8) is 0 Å². The zero-order valence-electron chi connectivity index (χ0n) is 9.66. The van der Waals surface area contributed by atoms with Crippen LogP contribution in [-0.2, 0) is 4.79 Å². The third kappa shape index (κ3) is 1.90. The van der Waals surface area contributed by atoms with Gasteiger partial charge in [-0.25, -0.2) is 4.79 Å². The molecule has 1 aromatic rings. The van der Waals surface area contributed by atoms with Crippen molar-refractivity contribution in [2.24, 2.45) is 5.92 Å². The van der Waals surface area contributed by atoms with E-state index in [2.05, 4.69) is 12.2 Å². The van der Waals surface area contributed by atoms with E-state index in [9.17, 15) is 9.90 Å². The first-order valence-corrected chi connectivity index (χ1v) is 5.60. The predicted molar refractivity (Wildman–Crippen MR) is 63.6 cm³/mol. The van der Waals surface area contributed by atoms with Crippen LogP contribution >= 0.6 is 0 Å². The van der Waals surface area contributed by atoms with Crippen LogP contribution in [0.4, 0.5) is 5.69 Å². The van der Waals surface area contributed by atoms with Crippen LogP contribution in [0.1, 0.15) is 25.3 Å². The molecule has 2 rings (SSSR count). The fourth-order valence-electron chi connectivity index (χ4n) is 2.37. The highest BCUT2D eigenvalue weighted by Crippen LogP contribution is 2.40. The highest BCUT2D eigenvalue weighted by Gasteiger charge is 2.48. The summed E-state index contributed by atoms with van der Waals surface area (Å²) in [5, 5.41) is 12.4. The molecule has 0 aliphatic heterocycles. The smallest absolute Gasteiger partial charge is 0.329 e. The van der Waals surface area contributed by atoms with Gasteiger partial charge in [0.2, 0.25) is 0 Å². The lowest BCUT2D eigenvalue weighted by Crippen LogP contribution is -2.55. The highest BCUT2D eigenvalue weighted by molar-refractivity contribution is 5.84. The van der Waals surface area contributed by atoms with Gasteiger partial charge in [-0.15, -0.1) is 0 Å². The molecule has 1 saturated carbocycles. The molecule has 0 saturated heterocycles. The third-order valence-corrected chi connectivity index (χ3v) is 3.24. The van der Waals surface area contributed by atoms with Gasteiger partial charge in [0.15, 0.2) is 0 Å². The first kappa shape index (κ1) is 11.0. The van der Waals surface area contributed by atoms with E-state index >= 15 is 0 Å². The fraction of sp³-hybridized carbons (Fsp3) is 0.462. The van der Waals surface area contributed by atoms with Crippen LogP contribution < -0.4 is 5.32 Å². The molecular formula is C13H17NO2. The van der Waals surface area contributed by atoms with E-state index in [1.54, 1.807) is 0 Å². The molecule has 3 heteroatoms. The maximum atomic E-state index is 11.3. The van der Waals surface area contributed by atoms with Gasteiger partial charge in [-0.3, -0.25) is 0 Å². The second-order valence-corrected chi connectivity index (χ2v) is 4.89. The zero-order chi connectivity index (χ0) is 11.8. The van der Waals surface area contributed by atoms with Crippen molar-refractivity contribution in [3.05, 3.63) is 29.8 Å². The van der Waals surface area contributed by atoms with Crippen molar-refractivity contribution >= 4 is 11.7 Å². The number of anilines is 1. The Bertz CT molecular complexity index is 391. The van der Waals surface area contributed by atoms with Gasteiger partial charge in [0.25, 0.3) is 0 Å². The molecule has 3 nitrogen and oxygen atoms in total. The quantitative estimate of drug-likeness (QED) is 0.821. The minimum Gasteiger partial charge on any atom is -0.480 e. The Labute approximate surface area is 95.5 Å². The maximum absolute atomic E-state index is 11.3. The molecule has 1 aliphatic rings. The number of aryl methyl sites for hydroxylation is 1. The van der Waals surface area contributed by atoms with E-state index in [1.165, 1.54) is 5.56 Å². The van der Waals surface area contributed by atoms with Crippen LogP contribution in [0, 0.1) is 12.8 Å². The second-order valence-electron chi connectivity index (χ2n) is 4.89. The molecule has 0 amide bonds. The first-order chi connectivity index (χ1) is 7.52. The molecule has 0 atom stereocenters. The minimum atomic E-state index is -0.744. The lowest BCUT2D eigenvalue weighted by molar-refractivity contribution is -0.147. The lowest BCUT2D eigenvalue weighted by atomic mass is 9.69. The van der Waals surface area contributed by atoms with Crippen LogP contribution in [0.3, 0.4) is 0 Å². The van der Waals surface area contributed by atoms with E-state index in [4.69, 9.17) is 0 Å². The minimum absolute atomic E-state index is 0.494. The van der Waals surface area contributed by atoms with Gasteiger partial charge in [0.1, 0.15) is 5.54 Å². The largest absolute Gasteiger partial charge is 0.480 e. The number of carboxylic acids is 1. The third-order valence-electron chi connectivity index (χ3n) is 3.24. The summed E-state index contributed by atoms with van der Waals surface area (Å²) < 4.78 is 0. The zero-order valence-corrected chi connectivity index (χ0v) is 9.66. The molecule has 16 heavy (non-hydrogen) atoms. The van der Waals surface area contributed by atoms with E-state index < -0.39 is 11.5 Å². The van der Waals surface area contributed by atoms with Gasteiger partial charge in [-0.1, -0.05) is 24.6 Å². The van der Waals surface area contributed by atoms with E-state index in [1.807, 2.05) is 31.2 Å². The number of rotatable bonds is 3.